The van der Waals surface area contributed by atoms with Crippen LogP contribution in [0.4, 0.5) is 0 Å². The van der Waals surface area contributed by atoms with Crippen LogP contribution in [0.5, 0.6) is 5.75 Å². The number of halogens is 1. The van der Waals surface area contributed by atoms with Crippen LogP contribution in [0.1, 0.15) is 36.7 Å². The molecule has 1 aliphatic heterocycles. The third-order valence-electron chi connectivity index (χ3n) is 2.71. The first-order valence-corrected chi connectivity index (χ1v) is 5.83. The standard InChI is InChI=1S/C13H15ClO2/c1-8(14)12(15)9-4-5-11-10(6-9)7-13(2,3)16-11/h4-6,8H,7H2,1-3H3. The first-order chi connectivity index (χ1) is 7.39. The highest BCUT2D eigenvalue weighted by molar-refractivity contribution is 6.33. The molecule has 0 aromatic heterocycles. The minimum absolute atomic E-state index is 0.0332. The zero-order valence-electron chi connectivity index (χ0n) is 9.71. The van der Waals surface area contributed by atoms with Gasteiger partial charge in [0.05, 0.1) is 5.38 Å². The zero-order valence-corrected chi connectivity index (χ0v) is 10.5. The van der Waals surface area contributed by atoms with Crippen molar-refractivity contribution < 1.29 is 9.53 Å². The molecule has 1 heterocycles. The molecule has 86 valence electrons. The SMILES string of the molecule is CC(Cl)C(=O)c1ccc2c(c1)CC(C)(C)O2. The number of benzene rings is 1. The van der Waals surface area contributed by atoms with Gasteiger partial charge in [-0.2, -0.15) is 0 Å². The van der Waals surface area contributed by atoms with Crippen LogP contribution in [0.15, 0.2) is 18.2 Å². The highest BCUT2D eigenvalue weighted by Crippen LogP contribution is 2.35. The van der Waals surface area contributed by atoms with E-state index < -0.39 is 5.38 Å². The molecule has 0 saturated carbocycles. The zero-order chi connectivity index (χ0) is 11.9. The number of carbonyl (C=O) groups is 1. The van der Waals surface area contributed by atoms with Crippen molar-refractivity contribution in [3.8, 4) is 5.75 Å². The Bertz CT molecular complexity index is 436. The summed E-state index contributed by atoms with van der Waals surface area (Å²) < 4.78 is 5.75. The molecule has 0 bridgehead atoms. The molecule has 0 saturated heterocycles. The van der Waals surface area contributed by atoms with Crippen LogP contribution in [-0.4, -0.2) is 16.8 Å². The van der Waals surface area contributed by atoms with Gasteiger partial charge in [0.15, 0.2) is 5.78 Å². The maximum atomic E-state index is 11.7. The third-order valence-corrected chi connectivity index (χ3v) is 2.91. The Kier molecular flexibility index (Phi) is 2.70. The lowest BCUT2D eigenvalue weighted by molar-refractivity contribution is 0.0991. The lowest BCUT2D eigenvalue weighted by atomic mass is 9.98. The van der Waals surface area contributed by atoms with Crippen LogP contribution >= 0.6 is 11.6 Å². The van der Waals surface area contributed by atoms with Crippen molar-refractivity contribution in [1.29, 1.82) is 0 Å². The summed E-state index contributed by atoms with van der Waals surface area (Å²) in [5, 5.41) is -0.478. The monoisotopic (exact) mass is 238 g/mol. The average Bonchev–Trinajstić information content (AvgIpc) is 2.48. The molecule has 0 aliphatic carbocycles. The van der Waals surface area contributed by atoms with E-state index in [4.69, 9.17) is 16.3 Å². The molecule has 2 nitrogen and oxygen atoms in total. The van der Waals surface area contributed by atoms with E-state index in [1.165, 1.54) is 0 Å². The number of Topliss-reactive ketones (excluding diaryl/α,β-unsaturated/α-hetero) is 1. The molecule has 1 aromatic rings. The fourth-order valence-corrected chi connectivity index (χ4v) is 2.12. The lowest BCUT2D eigenvalue weighted by Gasteiger charge is -2.16. The molecule has 1 unspecified atom stereocenters. The summed E-state index contributed by atoms with van der Waals surface area (Å²) in [6, 6.07) is 5.53. The van der Waals surface area contributed by atoms with Gasteiger partial charge in [0, 0.05) is 12.0 Å². The summed E-state index contributed by atoms with van der Waals surface area (Å²) in [6.45, 7) is 5.77. The predicted molar refractivity (Wildman–Crippen MR) is 64.5 cm³/mol. The van der Waals surface area contributed by atoms with Gasteiger partial charge in [0.2, 0.25) is 0 Å². The first-order valence-electron chi connectivity index (χ1n) is 5.39. The normalized spacial score (nSPS) is 18.8. The Labute approximate surface area is 101 Å². The van der Waals surface area contributed by atoms with Crippen LogP contribution in [0, 0.1) is 0 Å². The molecule has 3 heteroatoms. The minimum atomic E-state index is -0.478. The number of ether oxygens (including phenoxy) is 1. The summed E-state index contributed by atoms with van der Waals surface area (Å²) >= 11 is 5.79. The van der Waals surface area contributed by atoms with Gasteiger partial charge in [-0.05, 0) is 44.5 Å². The van der Waals surface area contributed by atoms with Crippen molar-refractivity contribution in [3.63, 3.8) is 0 Å². The van der Waals surface area contributed by atoms with Crippen molar-refractivity contribution in [1.82, 2.24) is 0 Å². The van der Waals surface area contributed by atoms with Gasteiger partial charge < -0.3 is 4.74 Å². The summed E-state index contributed by atoms with van der Waals surface area (Å²) in [4.78, 5) is 11.7. The van der Waals surface area contributed by atoms with E-state index in [1.54, 1.807) is 13.0 Å². The Balaban J connectivity index is 2.33. The largest absolute Gasteiger partial charge is 0.487 e. The van der Waals surface area contributed by atoms with Gasteiger partial charge in [-0.1, -0.05) is 0 Å². The van der Waals surface area contributed by atoms with Crippen molar-refractivity contribution in [2.24, 2.45) is 0 Å². The van der Waals surface area contributed by atoms with Crippen molar-refractivity contribution in [3.05, 3.63) is 29.3 Å². The van der Waals surface area contributed by atoms with E-state index in [-0.39, 0.29) is 11.4 Å². The number of rotatable bonds is 2. The third kappa shape index (κ3) is 2.07. The molecule has 0 spiro atoms. The number of ketones is 1. The summed E-state index contributed by atoms with van der Waals surface area (Å²) in [5.74, 6) is 0.845. The summed E-state index contributed by atoms with van der Waals surface area (Å²) in [5.41, 5.74) is 1.59. The van der Waals surface area contributed by atoms with E-state index in [1.807, 2.05) is 26.0 Å². The second-order valence-corrected chi connectivity index (χ2v) is 5.50. The van der Waals surface area contributed by atoms with E-state index >= 15 is 0 Å². The fraction of sp³-hybridized carbons (Fsp3) is 0.462. The van der Waals surface area contributed by atoms with Gasteiger partial charge in [-0.25, -0.2) is 0 Å². The van der Waals surface area contributed by atoms with E-state index in [0.717, 1.165) is 17.7 Å². The van der Waals surface area contributed by atoms with Crippen LogP contribution in [0.3, 0.4) is 0 Å². The maximum absolute atomic E-state index is 11.7. The Morgan fingerprint density at radius 3 is 2.81 bits per heavy atom. The van der Waals surface area contributed by atoms with E-state index in [2.05, 4.69) is 0 Å². The van der Waals surface area contributed by atoms with E-state index in [9.17, 15) is 4.79 Å². The molecular formula is C13H15ClO2. The fourth-order valence-electron chi connectivity index (χ4n) is 1.99. The Hall–Kier alpha value is -1.02. The Morgan fingerprint density at radius 1 is 1.50 bits per heavy atom. The molecule has 0 amide bonds. The van der Waals surface area contributed by atoms with Crippen molar-refractivity contribution in [2.45, 2.75) is 38.2 Å². The quantitative estimate of drug-likeness (QED) is 0.584. The van der Waals surface area contributed by atoms with Crippen LogP contribution in [0.2, 0.25) is 0 Å². The summed E-state index contributed by atoms with van der Waals surface area (Å²) in [7, 11) is 0. The molecule has 16 heavy (non-hydrogen) atoms. The van der Waals surface area contributed by atoms with Crippen LogP contribution in [0.25, 0.3) is 0 Å². The van der Waals surface area contributed by atoms with Crippen molar-refractivity contribution in [2.75, 3.05) is 0 Å². The number of hydrogen-bond donors (Lipinski definition) is 0. The maximum Gasteiger partial charge on any atom is 0.180 e. The van der Waals surface area contributed by atoms with Gasteiger partial charge in [0.25, 0.3) is 0 Å². The van der Waals surface area contributed by atoms with Gasteiger partial charge >= 0.3 is 0 Å². The average molecular weight is 239 g/mol. The van der Waals surface area contributed by atoms with E-state index in [0.29, 0.717) is 5.56 Å². The smallest absolute Gasteiger partial charge is 0.180 e. The van der Waals surface area contributed by atoms with Crippen LogP contribution in [-0.2, 0) is 6.42 Å². The molecular weight excluding hydrogens is 224 g/mol. The molecule has 1 atom stereocenters. The predicted octanol–water partition coefficient (Wildman–Crippen LogP) is 3.21. The highest BCUT2D eigenvalue weighted by atomic mass is 35.5. The van der Waals surface area contributed by atoms with Crippen molar-refractivity contribution >= 4 is 17.4 Å². The second-order valence-electron chi connectivity index (χ2n) is 4.84. The van der Waals surface area contributed by atoms with Crippen LogP contribution < -0.4 is 4.74 Å². The number of hydrogen-bond acceptors (Lipinski definition) is 2. The molecule has 0 N–H and O–H groups in total. The first kappa shape index (κ1) is 11.5. The number of alkyl halides is 1. The van der Waals surface area contributed by atoms with Gasteiger partial charge in [0.1, 0.15) is 11.4 Å². The molecule has 2 rings (SSSR count). The molecule has 1 aliphatic rings. The number of fused-ring (bicyclic) bond motifs is 1. The minimum Gasteiger partial charge on any atom is -0.487 e. The molecule has 0 fully saturated rings. The molecule has 0 radical (unpaired) electrons. The highest BCUT2D eigenvalue weighted by Gasteiger charge is 2.30. The molecule has 1 aromatic carbocycles. The van der Waals surface area contributed by atoms with Gasteiger partial charge in [-0.15, -0.1) is 11.6 Å². The van der Waals surface area contributed by atoms with Gasteiger partial charge in [-0.3, -0.25) is 4.79 Å². The summed E-state index contributed by atoms with van der Waals surface area (Å²) in [6.07, 6.45) is 0.833. The second kappa shape index (κ2) is 3.77. The lowest BCUT2D eigenvalue weighted by Crippen LogP contribution is -2.24. The Morgan fingerprint density at radius 2 is 2.19 bits per heavy atom. The topological polar surface area (TPSA) is 26.3 Å². The number of carbonyl (C=O) groups excluding carboxylic acids is 1.